The zero-order chi connectivity index (χ0) is 22.1. The van der Waals surface area contributed by atoms with Crippen molar-refractivity contribution < 1.29 is 9.84 Å². The van der Waals surface area contributed by atoms with E-state index in [4.69, 9.17) is 14.8 Å². The molecule has 0 radical (unpaired) electrons. The lowest BCUT2D eigenvalue weighted by Gasteiger charge is -2.45. The fourth-order valence-electron chi connectivity index (χ4n) is 4.37. The Balaban J connectivity index is 1.58. The lowest BCUT2D eigenvalue weighted by molar-refractivity contribution is -0.0541. The second-order valence-corrected chi connectivity index (χ2v) is 8.11. The highest BCUT2D eigenvalue weighted by Gasteiger charge is 2.47. The molecule has 0 aromatic carbocycles. The van der Waals surface area contributed by atoms with E-state index in [-0.39, 0.29) is 18.2 Å². The van der Waals surface area contributed by atoms with Crippen LogP contribution in [0.15, 0.2) is 49.1 Å². The van der Waals surface area contributed by atoms with E-state index in [0.29, 0.717) is 13.0 Å². The van der Waals surface area contributed by atoms with E-state index in [0.717, 1.165) is 46.4 Å². The van der Waals surface area contributed by atoms with E-state index in [1.165, 1.54) is 0 Å². The number of methoxy groups -OCH3 is 1. The maximum Gasteiger partial charge on any atom is 0.111 e. The number of ether oxygens (including phenoxy) is 1. The van der Waals surface area contributed by atoms with Gasteiger partial charge in [0.2, 0.25) is 0 Å². The quantitative estimate of drug-likeness (QED) is 0.480. The minimum atomic E-state index is -0.342. The molecule has 0 saturated heterocycles. The molecule has 0 amide bonds. The first-order valence-electron chi connectivity index (χ1n) is 10.5. The van der Waals surface area contributed by atoms with Crippen molar-refractivity contribution in [3.63, 3.8) is 0 Å². The lowest BCUT2D eigenvalue weighted by Crippen LogP contribution is -2.50. The van der Waals surface area contributed by atoms with Crippen LogP contribution >= 0.6 is 0 Å². The van der Waals surface area contributed by atoms with E-state index in [9.17, 15) is 10.4 Å². The Kier molecular flexibility index (Phi) is 5.17. The SMILES string of the molecule is COC1CC(CC#N)(n2ccc(-c3nc(-c4cnn(CCO)c4)cc4ncccc34)n2)C1. The summed E-state index contributed by atoms with van der Waals surface area (Å²) in [4.78, 5) is 9.44. The lowest BCUT2D eigenvalue weighted by atomic mass is 9.72. The zero-order valence-electron chi connectivity index (χ0n) is 17.7. The summed E-state index contributed by atoms with van der Waals surface area (Å²) in [6, 6.07) is 10.0. The third-order valence-corrected chi connectivity index (χ3v) is 6.13. The molecular formula is C23H23N7O2. The summed E-state index contributed by atoms with van der Waals surface area (Å²) in [7, 11) is 1.70. The molecule has 1 aliphatic rings. The van der Waals surface area contributed by atoms with Crippen LogP contribution in [0.1, 0.15) is 19.3 Å². The Morgan fingerprint density at radius 3 is 2.97 bits per heavy atom. The minimum absolute atomic E-state index is 0.0187. The molecule has 0 atom stereocenters. The summed E-state index contributed by atoms with van der Waals surface area (Å²) in [5.74, 6) is 0. The van der Waals surface area contributed by atoms with E-state index in [1.54, 1.807) is 24.2 Å². The summed E-state index contributed by atoms with van der Waals surface area (Å²) in [5, 5.41) is 28.6. The number of fused-ring (bicyclic) bond motifs is 1. The van der Waals surface area contributed by atoms with Gasteiger partial charge in [0.15, 0.2) is 0 Å². The molecule has 9 nitrogen and oxygen atoms in total. The Morgan fingerprint density at radius 1 is 1.31 bits per heavy atom. The van der Waals surface area contributed by atoms with Crippen molar-refractivity contribution in [1.29, 1.82) is 5.26 Å². The first-order chi connectivity index (χ1) is 15.7. The highest BCUT2D eigenvalue weighted by Crippen LogP contribution is 2.43. The van der Waals surface area contributed by atoms with Gasteiger partial charge in [-0.05, 0) is 37.1 Å². The number of hydrogen-bond acceptors (Lipinski definition) is 7. The fraction of sp³-hybridized carbons (Fsp3) is 0.348. The number of nitrogens with zero attached hydrogens (tertiary/aromatic N) is 7. The topological polar surface area (TPSA) is 115 Å². The van der Waals surface area contributed by atoms with Gasteiger partial charge in [0.25, 0.3) is 0 Å². The first kappa shape index (κ1) is 20.3. The summed E-state index contributed by atoms with van der Waals surface area (Å²) in [6.07, 6.45) is 9.33. The highest BCUT2D eigenvalue weighted by molar-refractivity contribution is 5.93. The summed E-state index contributed by atoms with van der Waals surface area (Å²) in [6.45, 7) is 0.442. The van der Waals surface area contributed by atoms with Crippen LogP contribution in [0.2, 0.25) is 0 Å². The molecule has 1 N–H and O–H groups in total. The van der Waals surface area contributed by atoms with Gasteiger partial charge in [-0.25, -0.2) is 4.98 Å². The third-order valence-electron chi connectivity index (χ3n) is 6.13. The Hall–Kier alpha value is -3.61. The molecule has 0 spiro atoms. The predicted octanol–water partition coefficient (Wildman–Crippen LogP) is 2.77. The second-order valence-electron chi connectivity index (χ2n) is 8.11. The van der Waals surface area contributed by atoms with Crippen LogP contribution in [0.25, 0.3) is 33.5 Å². The van der Waals surface area contributed by atoms with Gasteiger partial charge in [0.1, 0.15) is 11.4 Å². The average molecular weight is 429 g/mol. The van der Waals surface area contributed by atoms with E-state index >= 15 is 0 Å². The van der Waals surface area contributed by atoms with Crippen LogP contribution in [0.5, 0.6) is 0 Å². The zero-order valence-corrected chi connectivity index (χ0v) is 17.7. The average Bonchev–Trinajstić information content (AvgIpc) is 3.46. The van der Waals surface area contributed by atoms with Crippen LogP contribution in [0.3, 0.4) is 0 Å². The summed E-state index contributed by atoms with van der Waals surface area (Å²) >= 11 is 0. The number of aromatic nitrogens is 6. The molecule has 5 rings (SSSR count). The fourth-order valence-corrected chi connectivity index (χ4v) is 4.37. The van der Waals surface area contributed by atoms with E-state index in [2.05, 4.69) is 16.2 Å². The predicted molar refractivity (Wildman–Crippen MR) is 117 cm³/mol. The summed E-state index contributed by atoms with van der Waals surface area (Å²) < 4.78 is 9.03. The van der Waals surface area contributed by atoms with Crippen molar-refractivity contribution in [3.05, 3.63) is 49.1 Å². The van der Waals surface area contributed by atoms with Gasteiger partial charge in [-0.1, -0.05) is 0 Å². The minimum Gasteiger partial charge on any atom is -0.394 e. The molecule has 162 valence electrons. The third kappa shape index (κ3) is 3.43. The molecule has 1 aliphatic carbocycles. The number of pyridine rings is 2. The molecule has 0 bridgehead atoms. The van der Waals surface area contributed by atoms with Gasteiger partial charge in [-0.15, -0.1) is 0 Å². The number of aliphatic hydroxyl groups is 1. The van der Waals surface area contributed by atoms with Crippen molar-refractivity contribution in [2.75, 3.05) is 13.7 Å². The van der Waals surface area contributed by atoms with Gasteiger partial charge in [-0.2, -0.15) is 15.5 Å². The monoisotopic (exact) mass is 429 g/mol. The Bertz CT molecular complexity index is 1300. The normalized spacial score (nSPS) is 20.2. The van der Waals surface area contributed by atoms with Crippen molar-refractivity contribution in [3.8, 4) is 28.7 Å². The van der Waals surface area contributed by atoms with Crippen LogP contribution in [0, 0.1) is 11.3 Å². The molecule has 9 heteroatoms. The molecule has 0 aliphatic heterocycles. The molecule has 4 aromatic rings. The van der Waals surface area contributed by atoms with E-state index in [1.807, 2.05) is 41.3 Å². The standard InChI is InChI=1S/C23H23N7O2/c1-32-17-12-23(13-17,5-6-24)30-8-4-19(28-30)22-18-3-2-7-25-21(18)11-20(27-22)16-14-26-29(15-16)9-10-31/h2-4,7-8,11,14-15,17,31H,5,9-10,12-13H2,1H3. The largest absolute Gasteiger partial charge is 0.394 e. The van der Waals surface area contributed by atoms with Crippen molar-refractivity contribution in [2.24, 2.45) is 0 Å². The van der Waals surface area contributed by atoms with Crippen LogP contribution in [0.4, 0.5) is 0 Å². The van der Waals surface area contributed by atoms with Crippen molar-refractivity contribution in [2.45, 2.75) is 37.5 Å². The van der Waals surface area contributed by atoms with Gasteiger partial charge in [0.05, 0.1) is 54.7 Å². The Morgan fingerprint density at radius 2 is 2.19 bits per heavy atom. The van der Waals surface area contributed by atoms with Crippen molar-refractivity contribution in [1.82, 2.24) is 29.5 Å². The van der Waals surface area contributed by atoms with Gasteiger partial charge < -0.3 is 9.84 Å². The number of rotatable bonds is 7. The molecule has 32 heavy (non-hydrogen) atoms. The highest BCUT2D eigenvalue weighted by atomic mass is 16.5. The molecule has 4 aromatic heterocycles. The Labute approximate surface area is 184 Å². The van der Waals surface area contributed by atoms with Gasteiger partial charge in [0, 0.05) is 36.7 Å². The molecule has 1 fully saturated rings. The molecule has 0 unspecified atom stereocenters. The van der Waals surface area contributed by atoms with Gasteiger partial charge in [-0.3, -0.25) is 14.3 Å². The first-order valence-corrected chi connectivity index (χ1v) is 10.5. The molecule has 1 saturated carbocycles. The number of hydrogen-bond donors (Lipinski definition) is 1. The second kappa shape index (κ2) is 8.15. The smallest absolute Gasteiger partial charge is 0.111 e. The number of aliphatic hydroxyl groups excluding tert-OH is 1. The molecule has 4 heterocycles. The van der Waals surface area contributed by atoms with Crippen LogP contribution in [-0.4, -0.2) is 54.5 Å². The van der Waals surface area contributed by atoms with E-state index < -0.39 is 0 Å². The van der Waals surface area contributed by atoms with Gasteiger partial charge >= 0.3 is 0 Å². The van der Waals surface area contributed by atoms with Crippen molar-refractivity contribution >= 4 is 10.9 Å². The molecular weight excluding hydrogens is 406 g/mol. The van der Waals surface area contributed by atoms with Crippen LogP contribution in [-0.2, 0) is 16.8 Å². The summed E-state index contributed by atoms with van der Waals surface area (Å²) in [5.41, 5.74) is 3.51. The number of nitriles is 1. The maximum atomic E-state index is 9.38. The maximum absolute atomic E-state index is 9.38. The van der Waals surface area contributed by atoms with Crippen LogP contribution < -0.4 is 0 Å².